The van der Waals surface area contributed by atoms with Crippen LogP contribution in [-0.4, -0.2) is 38.5 Å². The Labute approximate surface area is 190 Å². The van der Waals surface area contributed by atoms with Crippen LogP contribution < -0.4 is 5.32 Å². The van der Waals surface area contributed by atoms with Crippen LogP contribution in [0, 0.1) is 12.8 Å². The molecule has 3 aromatic rings. The van der Waals surface area contributed by atoms with Crippen LogP contribution in [0.15, 0.2) is 29.4 Å². The van der Waals surface area contributed by atoms with Gasteiger partial charge in [-0.05, 0) is 37.7 Å². The summed E-state index contributed by atoms with van der Waals surface area (Å²) in [6.07, 6.45) is 3.59. The van der Waals surface area contributed by atoms with E-state index in [9.17, 15) is 4.79 Å². The second-order valence-corrected chi connectivity index (χ2v) is 9.62. The van der Waals surface area contributed by atoms with E-state index in [1.165, 1.54) is 11.3 Å². The van der Waals surface area contributed by atoms with Gasteiger partial charge >= 0.3 is 0 Å². The Hall–Kier alpha value is -1.90. The van der Waals surface area contributed by atoms with Crippen LogP contribution in [0.2, 0.25) is 5.02 Å². The Balaban J connectivity index is 1.58. The van der Waals surface area contributed by atoms with E-state index in [4.69, 9.17) is 11.6 Å². The van der Waals surface area contributed by atoms with Crippen molar-refractivity contribution >= 4 is 40.6 Å². The molecule has 0 fully saturated rings. The normalized spacial score (nSPS) is 11.3. The molecule has 0 saturated heterocycles. The summed E-state index contributed by atoms with van der Waals surface area (Å²) >= 11 is 9.07. The number of carbonyl (C=O) groups excluding carboxylic acids is 1. The summed E-state index contributed by atoms with van der Waals surface area (Å²) in [5.74, 6) is 1.40. The Kier molecular flexibility index (Phi) is 7.91. The van der Waals surface area contributed by atoms with E-state index >= 15 is 0 Å². The maximum atomic E-state index is 12.6. The molecule has 2 aromatic heterocycles. The fraction of sp³-hybridized carbons (Fsp3) is 0.429. The molecule has 1 amide bonds. The number of hydrogen-bond donors (Lipinski definition) is 1. The third-order valence-electron chi connectivity index (χ3n) is 4.46. The Morgan fingerprint density at radius 2 is 2.13 bits per heavy atom. The minimum absolute atomic E-state index is 0.0910. The van der Waals surface area contributed by atoms with Crippen molar-refractivity contribution in [3.63, 3.8) is 0 Å². The fourth-order valence-electron chi connectivity index (χ4n) is 3.08. The first-order valence-corrected chi connectivity index (χ1v) is 12.3. The molecule has 2 heterocycles. The van der Waals surface area contributed by atoms with Gasteiger partial charge < -0.3 is 9.88 Å². The van der Waals surface area contributed by atoms with E-state index in [2.05, 4.69) is 38.9 Å². The number of halogens is 1. The van der Waals surface area contributed by atoms with Gasteiger partial charge in [-0.15, -0.1) is 21.5 Å². The van der Waals surface area contributed by atoms with Crippen LogP contribution in [0.4, 0.5) is 0 Å². The minimum atomic E-state index is -0.0910. The number of nitrogens with one attached hydrogen (secondary N) is 1. The second-order valence-electron chi connectivity index (χ2n) is 7.41. The van der Waals surface area contributed by atoms with E-state index < -0.39 is 0 Å². The zero-order valence-electron chi connectivity index (χ0n) is 17.6. The number of hydrogen-bond acceptors (Lipinski definition) is 6. The molecule has 0 unspecified atom stereocenters. The van der Waals surface area contributed by atoms with Crippen LogP contribution in [-0.2, 0) is 13.0 Å². The van der Waals surface area contributed by atoms with Crippen molar-refractivity contribution in [3.8, 4) is 10.6 Å². The number of aromatic nitrogens is 4. The molecule has 0 radical (unpaired) electrons. The lowest BCUT2D eigenvalue weighted by atomic mass is 10.2. The van der Waals surface area contributed by atoms with Gasteiger partial charge in [-0.1, -0.05) is 49.3 Å². The van der Waals surface area contributed by atoms with Crippen molar-refractivity contribution < 1.29 is 4.79 Å². The molecule has 0 aliphatic heterocycles. The Bertz CT molecular complexity index is 1010. The van der Waals surface area contributed by atoms with Crippen molar-refractivity contribution in [2.24, 2.45) is 5.92 Å². The van der Waals surface area contributed by atoms with Gasteiger partial charge in [-0.25, -0.2) is 4.98 Å². The molecule has 1 N–H and O–H groups in total. The van der Waals surface area contributed by atoms with Gasteiger partial charge in [0.05, 0.1) is 5.69 Å². The molecular formula is C21H26ClN5OS2. The summed E-state index contributed by atoms with van der Waals surface area (Å²) in [7, 11) is 0. The van der Waals surface area contributed by atoms with E-state index in [1.54, 1.807) is 11.8 Å². The maximum absolute atomic E-state index is 12.6. The molecule has 160 valence electrons. The molecule has 6 nitrogen and oxygen atoms in total. The summed E-state index contributed by atoms with van der Waals surface area (Å²) in [5.41, 5.74) is 1.65. The van der Waals surface area contributed by atoms with Gasteiger partial charge in [0.1, 0.15) is 15.7 Å². The summed E-state index contributed by atoms with van der Waals surface area (Å²) in [4.78, 5) is 17.8. The molecule has 0 bridgehead atoms. The minimum Gasteiger partial charge on any atom is -0.351 e. The number of nitrogens with zero attached hydrogens (tertiary/aromatic N) is 4. The monoisotopic (exact) mass is 463 g/mol. The third kappa shape index (κ3) is 5.62. The third-order valence-corrected chi connectivity index (χ3v) is 6.57. The average molecular weight is 464 g/mol. The number of aryl methyl sites for hydroxylation is 2. The van der Waals surface area contributed by atoms with Crippen molar-refractivity contribution in [1.82, 2.24) is 25.1 Å². The first kappa shape index (κ1) is 22.8. The Morgan fingerprint density at radius 1 is 1.33 bits per heavy atom. The summed E-state index contributed by atoms with van der Waals surface area (Å²) in [5, 5.41) is 14.0. The molecule has 0 spiro atoms. The lowest BCUT2D eigenvalue weighted by Crippen LogP contribution is -2.25. The van der Waals surface area contributed by atoms with Crippen molar-refractivity contribution in [2.45, 2.75) is 45.3 Å². The number of amides is 1. The highest BCUT2D eigenvalue weighted by Gasteiger charge is 2.17. The number of rotatable bonds is 9. The topological polar surface area (TPSA) is 72.7 Å². The van der Waals surface area contributed by atoms with E-state index in [-0.39, 0.29) is 5.91 Å². The van der Waals surface area contributed by atoms with Crippen LogP contribution in [0.3, 0.4) is 0 Å². The molecule has 9 heteroatoms. The molecule has 30 heavy (non-hydrogen) atoms. The average Bonchev–Trinajstić information content (AvgIpc) is 3.28. The summed E-state index contributed by atoms with van der Waals surface area (Å²) < 4.78 is 2.18. The predicted molar refractivity (Wildman–Crippen MR) is 125 cm³/mol. The molecule has 1 aromatic carbocycles. The van der Waals surface area contributed by atoms with Crippen LogP contribution in [0.5, 0.6) is 0 Å². The lowest BCUT2D eigenvalue weighted by Gasteiger charge is -2.11. The predicted octanol–water partition coefficient (Wildman–Crippen LogP) is 5.10. The number of thioether (sulfide) groups is 1. The van der Waals surface area contributed by atoms with Crippen molar-refractivity contribution in [2.75, 3.05) is 12.8 Å². The van der Waals surface area contributed by atoms with Crippen LogP contribution >= 0.6 is 34.7 Å². The van der Waals surface area contributed by atoms with Crippen molar-refractivity contribution in [1.29, 1.82) is 0 Å². The van der Waals surface area contributed by atoms with Crippen LogP contribution in [0.25, 0.3) is 10.6 Å². The zero-order valence-corrected chi connectivity index (χ0v) is 20.0. The number of benzene rings is 1. The van der Waals surface area contributed by atoms with E-state index in [1.807, 2.05) is 37.4 Å². The first-order valence-electron chi connectivity index (χ1n) is 9.86. The van der Waals surface area contributed by atoms with Crippen molar-refractivity contribution in [3.05, 3.63) is 45.7 Å². The maximum Gasteiger partial charge on any atom is 0.263 e. The lowest BCUT2D eigenvalue weighted by molar-refractivity contribution is 0.0956. The number of carbonyl (C=O) groups is 1. The van der Waals surface area contributed by atoms with Gasteiger partial charge in [0.2, 0.25) is 0 Å². The number of thiazole rings is 1. The standard InChI is InChI=1S/C21H26ClN5OS2/c1-13(2)12-27-17(25-26-21(27)29-4)9-6-10-23-19(28)18-14(3)24-20(30-18)15-7-5-8-16(22)11-15/h5,7-8,11,13H,6,9-10,12H2,1-4H3,(H,23,28). The highest BCUT2D eigenvalue weighted by molar-refractivity contribution is 7.98. The molecule has 0 aliphatic carbocycles. The van der Waals surface area contributed by atoms with Gasteiger partial charge in [0.15, 0.2) is 5.16 Å². The van der Waals surface area contributed by atoms with Gasteiger partial charge in [-0.2, -0.15) is 0 Å². The van der Waals surface area contributed by atoms with Gasteiger partial charge in [-0.3, -0.25) is 4.79 Å². The smallest absolute Gasteiger partial charge is 0.263 e. The quantitative estimate of drug-likeness (QED) is 0.353. The molecule has 0 saturated carbocycles. The van der Waals surface area contributed by atoms with E-state index in [0.29, 0.717) is 22.4 Å². The van der Waals surface area contributed by atoms with Crippen LogP contribution in [0.1, 0.15) is 41.5 Å². The molecule has 3 rings (SSSR count). The summed E-state index contributed by atoms with van der Waals surface area (Å²) in [6.45, 7) is 7.70. The largest absolute Gasteiger partial charge is 0.351 e. The summed E-state index contributed by atoms with van der Waals surface area (Å²) in [6, 6.07) is 7.51. The molecule has 0 atom stereocenters. The first-order chi connectivity index (χ1) is 14.4. The van der Waals surface area contributed by atoms with E-state index in [0.717, 1.165) is 46.6 Å². The Morgan fingerprint density at radius 3 is 2.83 bits per heavy atom. The SMILES string of the molecule is CSc1nnc(CCCNC(=O)c2sc(-c3cccc(Cl)c3)nc2C)n1CC(C)C. The molecule has 0 aliphatic rings. The zero-order chi connectivity index (χ0) is 21.7. The fourth-order valence-corrected chi connectivity index (χ4v) is 4.78. The van der Waals surface area contributed by atoms with Gasteiger partial charge in [0.25, 0.3) is 5.91 Å². The highest BCUT2D eigenvalue weighted by atomic mass is 35.5. The highest BCUT2D eigenvalue weighted by Crippen LogP contribution is 2.29. The second kappa shape index (κ2) is 10.4. The van der Waals surface area contributed by atoms with Gasteiger partial charge in [0, 0.05) is 30.1 Å². The molecular weight excluding hydrogens is 438 g/mol.